The minimum absolute atomic E-state index is 0.0490. The molecule has 26 heavy (non-hydrogen) atoms. The van der Waals surface area contributed by atoms with Crippen LogP contribution in [0.15, 0.2) is 78.9 Å². The topological polar surface area (TPSA) is 12.5 Å². The van der Waals surface area contributed by atoms with Crippen LogP contribution >= 0.6 is 11.6 Å². The van der Waals surface area contributed by atoms with E-state index in [9.17, 15) is 4.39 Å². The summed E-state index contributed by atoms with van der Waals surface area (Å²) in [5, 5.41) is 0.311. The van der Waals surface area contributed by atoms with Crippen LogP contribution in [-0.4, -0.2) is 24.1 Å². The van der Waals surface area contributed by atoms with Gasteiger partial charge in [-0.3, -0.25) is 4.90 Å². The summed E-state index contributed by atoms with van der Waals surface area (Å²) < 4.78 is 19.1. The Bertz CT molecular complexity index is 826. The van der Waals surface area contributed by atoms with Crippen LogP contribution < -0.4 is 4.74 Å². The average molecular weight is 368 g/mol. The number of hydrogen-bond acceptors (Lipinski definition) is 2. The minimum atomic E-state index is -0.356. The van der Waals surface area contributed by atoms with Crippen LogP contribution in [0.1, 0.15) is 17.2 Å². The van der Waals surface area contributed by atoms with Crippen molar-refractivity contribution in [2.75, 3.05) is 13.1 Å². The van der Waals surface area contributed by atoms with Gasteiger partial charge in [-0.25, -0.2) is 4.39 Å². The lowest BCUT2D eigenvalue weighted by Gasteiger charge is -2.44. The van der Waals surface area contributed by atoms with Gasteiger partial charge in [0.1, 0.15) is 17.7 Å². The Morgan fingerprint density at radius 3 is 2.00 bits per heavy atom. The summed E-state index contributed by atoms with van der Waals surface area (Å²) in [4.78, 5) is 2.38. The molecule has 3 aromatic carbocycles. The zero-order valence-corrected chi connectivity index (χ0v) is 14.9. The van der Waals surface area contributed by atoms with Gasteiger partial charge in [-0.15, -0.1) is 0 Å². The van der Waals surface area contributed by atoms with Gasteiger partial charge in [0.05, 0.1) is 11.1 Å². The number of likely N-dealkylation sites (tertiary alicyclic amines) is 1. The van der Waals surface area contributed by atoms with Gasteiger partial charge in [0.2, 0.25) is 0 Å². The lowest BCUT2D eigenvalue weighted by molar-refractivity contribution is 0.000305. The molecule has 0 aromatic heterocycles. The molecule has 0 amide bonds. The lowest BCUT2D eigenvalue weighted by Crippen LogP contribution is -2.55. The van der Waals surface area contributed by atoms with Crippen LogP contribution in [0, 0.1) is 5.82 Å². The van der Waals surface area contributed by atoms with Gasteiger partial charge in [0, 0.05) is 13.1 Å². The summed E-state index contributed by atoms with van der Waals surface area (Å²) in [6, 6.07) is 25.4. The fourth-order valence-corrected chi connectivity index (χ4v) is 3.60. The molecule has 0 atom stereocenters. The largest absolute Gasteiger partial charge is 0.486 e. The normalized spacial score (nSPS) is 15.0. The molecule has 1 aliphatic rings. The van der Waals surface area contributed by atoms with Gasteiger partial charge in [-0.1, -0.05) is 72.3 Å². The van der Waals surface area contributed by atoms with Crippen LogP contribution in [0.5, 0.6) is 5.75 Å². The number of nitrogens with zero attached hydrogens (tertiary/aromatic N) is 1. The third-order valence-electron chi connectivity index (χ3n) is 4.66. The highest BCUT2D eigenvalue weighted by Gasteiger charge is 2.35. The molecular formula is C22H19ClFNO. The number of hydrogen-bond donors (Lipinski definition) is 0. The Kier molecular flexibility index (Phi) is 4.91. The molecule has 0 N–H and O–H groups in total. The predicted molar refractivity (Wildman–Crippen MR) is 102 cm³/mol. The van der Waals surface area contributed by atoms with E-state index >= 15 is 0 Å². The van der Waals surface area contributed by atoms with Crippen molar-refractivity contribution < 1.29 is 9.13 Å². The molecule has 4 heteroatoms. The van der Waals surface area contributed by atoms with Gasteiger partial charge >= 0.3 is 0 Å². The van der Waals surface area contributed by atoms with E-state index in [4.69, 9.17) is 16.3 Å². The third-order valence-corrected chi connectivity index (χ3v) is 4.95. The van der Waals surface area contributed by atoms with Crippen molar-refractivity contribution in [1.82, 2.24) is 4.90 Å². The first-order chi connectivity index (χ1) is 12.7. The van der Waals surface area contributed by atoms with E-state index in [-0.39, 0.29) is 18.0 Å². The van der Waals surface area contributed by atoms with Crippen molar-refractivity contribution in [3.05, 3.63) is 101 Å². The Labute approximate surface area is 157 Å². The van der Waals surface area contributed by atoms with Crippen LogP contribution in [0.3, 0.4) is 0 Å². The first kappa shape index (κ1) is 17.1. The molecule has 0 bridgehead atoms. The van der Waals surface area contributed by atoms with Gasteiger partial charge in [0.15, 0.2) is 0 Å². The second-order valence-electron chi connectivity index (χ2n) is 6.49. The van der Waals surface area contributed by atoms with Crippen LogP contribution in [-0.2, 0) is 0 Å². The zero-order chi connectivity index (χ0) is 17.9. The van der Waals surface area contributed by atoms with E-state index in [1.54, 1.807) is 6.07 Å². The van der Waals surface area contributed by atoms with Crippen molar-refractivity contribution in [2.24, 2.45) is 0 Å². The van der Waals surface area contributed by atoms with Crippen molar-refractivity contribution in [3.8, 4) is 5.75 Å². The molecule has 0 saturated carbocycles. The molecular weight excluding hydrogens is 349 g/mol. The lowest BCUT2D eigenvalue weighted by atomic mass is 9.94. The Balaban J connectivity index is 1.49. The second kappa shape index (κ2) is 7.48. The summed E-state index contributed by atoms with van der Waals surface area (Å²) in [6.07, 6.45) is 0.0490. The van der Waals surface area contributed by atoms with Gasteiger partial charge in [0.25, 0.3) is 0 Å². The van der Waals surface area contributed by atoms with Crippen molar-refractivity contribution >= 4 is 11.6 Å². The molecule has 1 heterocycles. The smallest absolute Gasteiger partial charge is 0.138 e. The van der Waals surface area contributed by atoms with E-state index in [0.29, 0.717) is 10.8 Å². The van der Waals surface area contributed by atoms with Gasteiger partial charge in [-0.05, 0) is 29.3 Å². The molecule has 0 aliphatic carbocycles. The SMILES string of the molecule is Fc1ccc(OC2CN(C(c3ccccc3)c3ccccc3)C2)c(Cl)c1. The van der Waals surface area contributed by atoms with Crippen molar-refractivity contribution in [2.45, 2.75) is 12.1 Å². The van der Waals surface area contributed by atoms with E-state index in [1.165, 1.54) is 23.3 Å². The summed E-state index contributed by atoms with van der Waals surface area (Å²) in [6.45, 7) is 1.59. The standard InChI is InChI=1S/C22H19ClFNO/c23-20-13-18(24)11-12-21(20)26-19-14-25(15-19)22(16-7-3-1-4-8-16)17-9-5-2-6-10-17/h1-13,19,22H,14-15H2. The predicted octanol–water partition coefficient (Wildman–Crippen LogP) is 5.33. The maximum absolute atomic E-state index is 13.2. The third kappa shape index (κ3) is 3.59. The molecule has 0 radical (unpaired) electrons. The average Bonchev–Trinajstić information content (AvgIpc) is 2.63. The van der Waals surface area contributed by atoms with E-state index in [1.807, 2.05) is 12.1 Å². The molecule has 1 aliphatic heterocycles. The Morgan fingerprint density at radius 2 is 1.46 bits per heavy atom. The van der Waals surface area contributed by atoms with E-state index < -0.39 is 0 Å². The molecule has 0 spiro atoms. The minimum Gasteiger partial charge on any atom is -0.486 e. The summed E-state index contributed by atoms with van der Waals surface area (Å²) in [7, 11) is 0. The fraction of sp³-hybridized carbons (Fsp3) is 0.182. The molecule has 1 saturated heterocycles. The van der Waals surface area contributed by atoms with Gasteiger partial charge in [-0.2, -0.15) is 0 Å². The number of rotatable bonds is 5. The Morgan fingerprint density at radius 1 is 0.885 bits per heavy atom. The van der Waals surface area contributed by atoms with Gasteiger partial charge < -0.3 is 4.74 Å². The highest BCUT2D eigenvalue weighted by molar-refractivity contribution is 6.32. The Hall–Kier alpha value is -2.36. The molecule has 3 aromatic rings. The van der Waals surface area contributed by atoms with Crippen molar-refractivity contribution in [1.29, 1.82) is 0 Å². The second-order valence-corrected chi connectivity index (χ2v) is 6.90. The van der Waals surface area contributed by atoms with Crippen LogP contribution in [0.4, 0.5) is 4.39 Å². The number of halogens is 2. The fourth-order valence-electron chi connectivity index (χ4n) is 3.39. The number of benzene rings is 3. The quantitative estimate of drug-likeness (QED) is 0.604. The summed E-state index contributed by atoms with van der Waals surface area (Å²) in [5.41, 5.74) is 2.52. The van der Waals surface area contributed by atoms with Crippen LogP contribution in [0.25, 0.3) is 0 Å². The first-order valence-corrected chi connectivity index (χ1v) is 9.04. The van der Waals surface area contributed by atoms with E-state index in [2.05, 4.69) is 53.4 Å². The van der Waals surface area contributed by atoms with Crippen molar-refractivity contribution in [3.63, 3.8) is 0 Å². The first-order valence-electron chi connectivity index (χ1n) is 8.66. The maximum atomic E-state index is 13.2. The highest BCUT2D eigenvalue weighted by Crippen LogP contribution is 2.34. The highest BCUT2D eigenvalue weighted by atomic mass is 35.5. The molecule has 132 valence electrons. The van der Waals surface area contributed by atoms with E-state index in [0.717, 1.165) is 13.1 Å². The number of ether oxygens (including phenoxy) is 1. The maximum Gasteiger partial charge on any atom is 0.138 e. The molecule has 4 rings (SSSR count). The molecule has 1 fully saturated rings. The molecule has 0 unspecified atom stereocenters. The van der Waals surface area contributed by atoms with Crippen LogP contribution in [0.2, 0.25) is 5.02 Å². The summed E-state index contributed by atoms with van der Waals surface area (Å²) >= 11 is 6.07. The molecule has 2 nitrogen and oxygen atoms in total. The summed E-state index contributed by atoms with van der Waals surface area (Å²) in [5.74, 6) is 0.180. The zero-order valence-electron chi connectivity index (χ0n) is 14.2. The monoisotopic (exact) mass is 367 g/mol.